The van der Waals surface area contributed by atoms with Gasteiger partial charge in [-0.1, -0.05) is 6.92 Å². The standard InChI is InChI=1S/C15H30N2O3/c1-4-19-15(20-5-2)11-17-14(18)9-12(3)13-7-6-8-16-10-13/h12-13,15-16H,4-11H2,1-3H3,(H,17,18). The first-order chi connectivity index (χ1) is 9.67. The molecule has 2 atom stereocenters. The Morgan fingerprint density at radius 2 is 2.05 bits per heavy atom. The monoisotopic (exact) mass is 286 g/mol. The first-order valence-electron chi connectivity index (χ1n) is 7.87. The summed E-state index contributed by atoms with van der Waals surface area (Å²) in [6, 6.07) is 0. The van der Waals surface area contributed by atoms with Crippen molar-refractivity contribution in [3.8, 4) is 0 Å². The number of carbonyl (C=O) groups excluding carboxylic acids is 1. The topological polar surface area (TPSA) is 59.6 Å². The van der Waals surface area contributed by atoms with Crippen LogP contribution in [0.1, 0.15) is 40.0 Å². The largest absolute Gasteiger partial charge is 0.351 e. The van der Waals surface area contributed by atoms with Crippen molar-refractivity contribution in [2.75, 3.05) is 32.8 Å². The summed E-state index contributed by atoms with van der Waals surface area (Å²) in [5, 5.41) is 6.31. The van der Waals surface area contributed by atoms with Gasteiger partial charge in [0, 0.05) is 19.6 Å². The van der Waals surface area contributed by atoms with Crippen LogP contribution in [0.3, 0.4) is 0 Å². The van der Waals surface area contributed by atoms with Crippen molar-refractivity contribution in [1.82, 2.24) is 10.6 Å². The average Bonchev–Trinajstić information content (AvgIpc) is 2.46. The van der Waals surface area contributed by atoms with Gasteiger partial charge in [-0.3, -0.25) is 4.79 Å². The van der Waals surface area contributed by atoms with Gasteiger partial charge in [0.05, 0.1) is 6.54 Å². The van der Waals surface area contributed by atoms with Crippen LogP contribution in [0.15, 0.2) is 0 Å². The molecule has 0 aliphatic carbocycles. The van der Waals surface area contributed by atoms with E-state index in [1.165, 1.54) is 12.8 Å². The first kappa shape index (κ1) is 17.4. The first-order valence-corrected chi connectivity index (χ1v) is 7.87. The normalized spacial score (nSPS) is 20.9. The van der Waals surface area contributed by atoms with Crippen molar-refractivity contribution in [3.63, 3.8) is 0 Å². The Hall–Kier alpha value is -0.650. The number of piperidine rings is 1. The summed E-state index contributed by atoms with van der Waals surface area (Å²) in [5.74, 6) is 1.12. The van der Waals surface area contributed by atoms with Crippen LogP contribution in [0.4, 0.5) is 0 Å². The maximum Gasteiger partial charge on any atom is 0.220 e. The second kappa shape index (κ2) is 10.1. The fourth-order valence-corrected chi connectivity index (χ4v) is 2.63. The Morgan fingerprint density at radius 3 is 2.60 bits per heavy atom. The summed E-state index contributed by atoms with van der Waals surface area (Å²) < 4.78 is 10.8. The zero-order valence-corrected chi connectivity index (χ0v) is 13.1. The molecule has 0 bridgehead atoms. The third-order valence-corrected chi connectivity index (χ3v) is 3.82. The molecule has 0 saturated carbocycles. The zero-order valence-electron chi connectivity index (χ0n) is 13.1. The van der Waals surface area contributed by atoms with E-state index in [-0.39, 0.29) is 12.2 Å². The fraction of sp³-hybridized carbons (Fsp3) is 0.933. The molecule has 2 N–H and O–H groups in total. The van der Waals surface area contributed by atoms with Crippen LogP contribution < -0.4 is 10.6 Å². The second-order valence-corrected chi connectivity index (χ2v) is 5.43. The lowest BCUT2D eigenvalue weighted by molar-refractivity contribution is -0.141. The van der Waals surface area contributed by atoms with Gasteiger partial charge >= 0.3 is 0 Å². The molecule has 0 aromatic carbocycles. The third-order valence-electron chi connectivity index (χ3n) is 3.82. The van der Waals surface area contributed by atoms with Crippen LogP contribution in [-0.4, -0.2) is 45.0 Å². The number of hydrogen-bond donors (Lipinski definition) is 2. The van der Waals surface area contributed by atoms with E-state index in [0.717, 1.165) is 13.1 Å². The Labute approximate surface area is 122 Å². The van der Waals surface area contributed by atoms with Crippen LogP contribution in [0.2, 0.25) is 0 Å². The maximum atomic E-state index is 12.0. The second-order valence-electron chi connectivity index (χ2n) is 5.43. The zero-order chi connectivity index (χ0) is 14.8. The quantitative estimate of drug-likeness (QED) is 0.631. The van der Waals surface area contributed by atoms with E-state index < -0.39 is 0 Å². The molecule has 1 saturated heterocycles. The van der Waals surface area contributed by atoms with Gasteiger partial charge < -0.3 is 20.1 Å². The predicted molar refractivity (Wildman–Crippen MR) is 79.4 cm³/mol. The molecule has 5 nitrogen and oxygen atoms in total. The molecular formula is C15H30N2O3. The van der Waals surface area contributed by atoms with Crippen molar-refractivity contribution < 1.29 is 14.3 Å². The van der Waals surface area contributed by atoms with Gasteiger partial charge in [-0.15, -0.1) is 0 Å². The Bertz CT molecular complexity index is 262. The summed E-state index contributed by atoms with van der Waals surface area (Å²) in [6.45, 7) is 9.76. The minimum Gasteiger partial charge on any atom is -0.351 e. The van der Waals surface area contributed by atoms with Crippen LogP contribution >= 0.6 is 0 Å². The summed E-state index contributed by atoms with van der Waals surface area (Å²) >= 11 is 0. The van der Waals surface area contributed by atoms with E-state index in [1.54, 1.807) is 0 Å². The molecule has 20 heavy (non-hydrogen) atoms. The number of amides is 1. The lowest BCUT2D eigenvalue weighted by Gasteiger charge is -2.28. The molecule has 1 heterocycles. The highest BCUT2D eigenvalue weighted by atomic mass is 16.7. The minimum atomic E-state index is -0.333. The summed E-state index contributed by atoms with van der Waals surface area (Å²) in [4.78, 5) is 12.0. The average molecular weight is 286 g/mol. The highest BCUT2D eigenvalue weighted by Gasteiger charge is 2.22. The molecule has 1 amide bonds. The number of carbonyl (C=O) groups is 1. The molecule has 5 heteroatoms. The van der Waals surface area contributed by atoms with E-state index in [4.69, 9.17) is 9.47 Å². The van der Waals surface area contributed by atoms with Gasteiger partial charge in [0.2, 0.25) is 5.91 Å². The van der Waals surface area contributed by atoms with Crippen LogP contribution in [0.5, 0.6) is 0 Å². The van der Waals surface area contributed by atoms with Crippen molar-refractivity contribution in [3.05, 3.63) is 0 Å². The highest BCUT2D eigenvalue weighted by Crippen LogP contribution is 2.22. The van der Waals surface area contributed by atoms with Gasteiger partial charge in [-0.2, -0.15) is 0 Å². The Kier molecular flexibility index (Phi) is 8.82. The molecule has 1 rings (SSSR count). The van der Waals surface area contributed by atoms with Crippen molar-refractivity contribution >= 4 is 5.91 Å². The summed E-state index contributed by atoms with van der Waals surface area (Å²) in [6.07, 6.45) is 2.69. The van der Waals surface area contributed by atoms with Crippen LogP contribution in [-0.2, 0) is 14.3 Å². The predicted octanol–water partition coefficient (Wildman–Crippen LogP) is 1.53. The van der Waals surface area contributed by atoms with E-state index in [0.29, 0.717) is 38.0 Å². The minimum absolute atomic E-state index is 0.0903. The third kappa shape index (κ3) is 6.68. The van der Waals surface area contributed by atoms with Gasteiger partial charge in [0.1, 0.15) is 0 Å². The van der Waals surface area contributed by atoms with Crippen molar-refractivity contribution in [2.24, 2.45) is 11.8 Å². The molecule has 1 fully saturated rings. The number of nitrogens with one attached hydrogen (secondary N) is 2. The Morgan fingerprint density at radius 1 is 1.35 bits per heavy atom. The number of ether oxygens (including phenoxy) is 2. The molecule has 1 aliphatic rings. The molecular weight excluding hydrogens is 256 g/mol. The van der Waals surface area contributed by atoms with Crippen molar-refractivity contribution in [2.45, 2.75) is 46.3 Å². The molecule has 0 aromatic rings. The van der Waals surface area contributed by atoms with Gasteiger partial charge in [-0.05, 0) is 51.6 Å². The maximum absolute atomic E-state index is 12.0. The summed E-state index contributed by atoms with van der Waals surface area (Å²) in [7, 11) is 0. The van der Waals surface area contributed by atoms with E-state index >= 15 is 0 Å². The fourth-order valence-electron chi connectivity index (χ4n) is 2.63. The number of hydrogen-bond acceptors (Lipinski definition) is 4. The molecule has 2 unspecified atom stereocenters. The lowest BCUT2D eigenvalue weighted by atomic mass is 9.85. The Balaban J connectivity index is 2.23. The SMILES string of the molecule is CCOC(CNC(=O)CC(C)C1CCCNC1)OCC. The van der Waals surface area contributed by atoms with E-state index in [2.05, 4.69) is 17.6 Å². The van der Waals surface area contributed by atoms with E-state index in [9.17, 15) is 4.79 Å². The van der Waals surface area contributed by atoms with Crippen LogP contribution in [0, 0.1) is 11.8 Å². The molecule has 0 radical (unpaired) electrons. The summed E-state index contributed by atoms with van der Waals surface area (Å²) in [5.41, 5.74) is 0. The molecule has 1 aliphatic heterocycles. The van der Waals surface area contributed by atoms with Gasteiger partial charge in [0.15, 0.2) is 6.29 Å². The van der Waals surface area contributed by atoms with Gasteiger partial charge in [-0.25, -0.2) is 0 Å². The molecule has 0 aromatic heterocycles. The van der Waals surface area contributed by atoms with E-state index in [1.807, 2.05) is 13.8 Å². The van der Waals surface area contributed by atoms with Gasteiger partial charge in [0.25, 0.3) is 0 Å². The highest BCUT2D eigenvalue weighted by molar-refractivity contribution is 5.76. The van der Waals surface area contributed by atoms with Crippen molar-refractivity contribution in [1.29, 1.82) is 0 Å². The molecule has 0 spiro atoms. The molecule has 118 valence electrons. The smallest absolute Gasteiger partial charge is 0.220 e. The lowest BCUT2D eigenvalue weighted by Crippen LogP contribution is -2.38. The number of rotatable bonds is 9. The van der Waals surface area contributed by atoms with Crippen LogP contribution in [0.25, 0.3) is 0 Å².